The lowest BCUT2D eigenvalue weighted by atomic mass is 10.1. The first-order valence-electron chi connectivity index (χ1n) is 10.0. The molecule has 3 aromatic rings. The molecule has 8 nitrogen and oxygen atoms in total. The molecule has 2 aromatic carbocycles. The van der Waals surface area contributed by atoms with Gasteiger partial charge in [-0.25, -0.2) is 9.36 Å². The number of benzene rings is 2. The zero-order valence-electron chi connectivity index (χ0n) is 18.1. The Morgan fingerprint density at radius 3 is 2.22 bits per heavy atom. The van der Waals surface area contributed by atoms with Gasteiger partial charge in [0.2, 0.25) is 5.88 Å². The van der Waals surface area contributed by atoms with Crippen LogP contribution in [-0.4, -0.2) is 26.3 Å². The van der Waals surface area contributed by atoms with Crippen LogP contribution in [0.1, 0.15) is 29.2 Å². The van der Waals surface area contributed by atoms with Crippen molar-refractivity contribution >= 4 is 23.4 Å². The lowest BCUT2D eigenvalue weighted by Crippen LogP contribution is -2.30. The van der Waals surface area contributed by atoms with E-state index in [1.807, 2.05) is 32.9 Å². The molecule has 162 valence electrons. The second-order valence-electron chi connectivity index (χ2n) is 7.80. The molecule has 0 spiro atoms. The van der Waals surface area contributed by atoms with E-state index in [2.05, 4.69) is 10.1 Å². The molecule has 1 aromatic heterocycles. The number of amides is 1. The third kappa shape index (κ3) is 3.56. The molecule has 1 aliphatic rings. The van der Waals surface area contributed by atoms with Crippen LogP contribution >= 0.6 is 0 Å². The van der Waals surface area contributed by atoms with Crippen molar-refractivity contribution in [2.24, 2.45) is 5.10 Å². The first-order chi connectivity index (χ1) is 15.2. The second kappa shape index (κ2) is 7.81. The van der Waals surface area contributed by atoms with Crippen molar-refractivity contribution in [2.75, 3.05) is 5.01 Å². The van der Waals surface area contributed by atoms with E-state index in [4.69, 9.17) is 0 Å². The van der Waals surface area contributed by atoms with Crippen molar-refractivity contribution in [1.29, 1.82) is 0 Å². The summed E-state index contributed by atoms with van der Waals surface area (Å²) in [5, 5.41) is 16.4. The summed E-state index contributed by atoms with van der Waals surface area (Å²) >= 11 is 0. The number of anilines is 1. The molecule has 2 N–H and O–H groups in total. The van der Waals surface area contributed by atoms with E-state index in [0.717, 1.165) is 21.3 Å². The van der Waals surface area contributed by atoms with E-state index in [0.29, 0.717) is 17.1 Å². The molecule has 0 atom stereocenters. The van der Waals surface area contributed by atoms with Crippen LogP contribution in [0.25, 0.3) is 11.8 Å². The summed E-state index contributed by atoms with van der Waals surface area (Å²) in [5.74, 6) is -0.988. The summed E-state index contributed by atoms with van der Waals surface area (Å²) in [6.45, 7) is 7.46. The monoisotopic (exact) mass is 430 g/mol. The number of carbonyl (C=O) groups is 1. The Hall–Kier alpha value is -4.20. The van der Waals surface area contributed by atoms with Gasteiger partial charge in [-0.15, -0.1) is 0 Å². The number of hydrazone groups is 1. The van der Waals surface area contributed by atoms with Gasteiger partial charge in [0, 0.05) is 0 Å². The van der Waals surface area contributed by atoms with E-state index < -0.39 is 23.0 Å². The topological polar surface area (TPSA) is 108 Å². The molecule has 0 saturated heterocycles. The number of nitrogens with one attached hydrogen (secondary N) is 1. The number of aromatic nitrogens is 2. The van der Waals surface area contributed by atoms with E-state index in [1.165, 1.54) is 11.1 Å². The molecule has 4 rings (SSSR count). The Balaban J connectivity index is 1.81. The van der Waals surface area contributed by atoms with Gasteiger partial charge in [0.15, 0.2) is 0 Å². The van der Waals surface area contributed by atoms with Gasteiger partial charge in [-0.2, -0.15) is 10.1 Å². The van der Waals surface area contributed by atoms with Gasteiger partial charge in [0.05, 0.1) is 22.7 Å². The predicted octanol–water partition coefficient (Wildman–Crippen LogP) is 2.96. The van der Waals surface area contributed by atoms with Crippen molar-refractivity contribution in [3.05, 3.63) is 91.1 Å². The molecule has 1 amide bonds. The zero-order valence-corrected chi connectivity index (χ0v) is 18.1. The van der Waals surface area contributed by atoms with E-state index in [9.17, 15) is 19.5 Å². The number of carbonyl (C=O) groups excluding carboxylic acids is 1. The standard InChI is InChI=1S/C24H22N4O4/c1-13-5-8-17(9-6-13)27-22(30)20(21(29)25-24(27)32)12-19-16(4)26-28(23(19)31)18-10-7-14(2)15(3)11-18/h5-12,30H,1-4H3,(H,25,29,32)/b19-12+. The number of hydrogen-bond donors (Lipinski definition) is 2. The van der Waals surface area contributed by atoms with Gasteiger partial charge in [0.25, 0.3) is 11.5 Å². The van der Waals surface area contributed by atoms with Crippen molar-refractivity contribution < 1.29 is 9.90 Å². The lowest BCUT2D eigenvalue weighted by Gasteiger charge is -2.13. The summed E-state index contributed by atoms with van der Waals surface area (Å²) in [6.07, 6.45) is 1.26. The fourth-order valence-electron chi connectivity index (χ4n) is 3.46. The number of rotatable bonds is 3. The quantitative estimate of drug-likeness (QED) is 0.623. The van der Waals surface area contributed by atoms with Crippen LogP contribution in [-0.2, 0) is 4.79 Å². The van der Waals surface area contributed by atoms with Gasteiger partial charge in [-0.1, -0.05) is 23.8 Å². The van der Waals surface area contributed by atoms with Crippen molar-refractivity contribution in [3.63, 3.8) is 0 Å². The van der Waals surface area contributed by atoms with Crippen molar-refractivity contribution in [2.45, 2.75) is 27.7 Å². The second-order valence-corrected chi connectivity index (χ2v) is 7.80. The molecule has 0 unspecified atom stereocenters. The Bertz CT molecular complexity index is 1430. The Kier molecular flexibility index (Phi) is 5.14. The molecular formula is C24H22N4O4. The Morgan fingerprint density at radius 2 is 1.56 bits per heavy atom. The highest BCUT2D eigenvalue weighted by Crippen LogP contribution is 2.27. The summed E-state index contributed by atoms with van der Waals surface area (Å²) in [5.41, 5.74) is 2.82. The SMILES string of the molecule is CC1=NN(c2ccc(C)c(C)c2)C(=O)/C1=C/c1c(O)n(-c2ccc(C)cc2)c(=O)[nH]c1=O. The maximum atomic E-state index is 13.1. The predicted molar refractivity (Wildman–Crippen MR) is 124 cm³/mol. The largest absolute Gasteiger partial charge is 0.494 e. The maximum Gasteiger partial charge on any atom is 0.335 e. The lowest BCUT2D eigenvalue weighted by molar-refractivity contribution is -0.114. The van der Waals surface area contributed by atoms with Gasteiger partial charge < -0.3 is 5.11 Å². The van der Waals surface area contributed by atoms with Crippen molar-refractivity contribution in [3.8, 4) is 11.6 Å². The van der Waals surface area contributed by atoms with Crippen LogP contribution in [0.3, 0.4) is 0 Å². The van der Waals surface area contributed by atoms with Crippen LogP contribution in [0, 0.1) is 20.8 Å². The van der Waals surface area contributed by atoms with Crippen LogP contribution < -0.4 is 16.3 Å². The van der Waals surface area contributed by atoms with E-state index >= 15 is 0 Å². The van der Waals surface area contributed by atoms with Crippen LogP contribution in [0.2, 0.25) is 0 Å². The number of aromatic amines is 1. The van der Waals surface area contributed by atoms with Crippen LogP contribution in [0.4, 0.5) is 5.69 Å². The average Bonchev–Trinajstić information content (AvgIpc) is 3.02. The molecule has 32 heavy (non-hydrogen) atoms. The highest BCUT2D eigenvalue weighted by molar-refractivity contribution is 6.32. The fraction of sp³-hybridized carbons (Fsp3) is 0.167. The molecule has 8 heteroatoms. The third-order valence-corrected chi connectivity index (χ3v) is 5.50. The average molecular weight is 430 g/mol. The summed E-state index contributed by atoms with van der Waals surface area (Å²) in [6, 6.07) is 12.4. The van der Waals surface area contributed by atoms with Crippen LogP contribution in [0.15, 0.2) is 62.7 Å². The van der Waals surface area contributed by atoms with Crippen LogP contribution in [0.5, 0.6) is 5.88 Å². The fourth-order valence-corrected chi connectivity index (χ4v) is 3.46. The number of hydrogen-bond acceptors (Lipinski definition) is 5. The molecule has 0 aliphatic carbocycles. The summed E-state index contributed by atoms with van der Waals surface area (Å²) < 4.78 is 0.986. The molecule has 1 aliphatic heterocycles. The Labute approximate surface area is 183 Å². The van der Waals surface area contributed by atoms with Crippen molar-refractivity contribution in [1.82, 2.24) is 9.55 Å². The minimum absolute atomic E-state index is 0.151. The smallest absolute Gasteiger partial charge is 0.335 e. The third-order valence-electron chi connectivity index (χ3n) is 5.50. The zero-order chi connectivity index (χ0) is 23.2. The van der Waals surface area contributed by atoms with Gasteiger partial charge in [-0.3, -0.25) is 14.6 Å². The minimum atomic E-state index is -0.798. The molecule has 0 saturated carbocycles. The van der Waals surface area contributed by atoms with Gasteiger partial charge in [-0.05, 0) is 69.2 Å². The van der Waals surface area contributed by atoms with E-state index in [1.54, 1.807) is 37.3 Å². The number of H-pyrrole nitrogens is 1. The highest BCUT2D eigenvalue weighted by Gasteiger charge is 2.30. The molecule has 2 heterocycles. The maximum absolute atomic E-state index is 13.1. The highest BCUT2D eigenvalue weighted by atomic mass is 16.3. The summed E-state index contributed by atoms with van der Waals surface area (Å²) in [4.78, 5) is 40.2. The minimum Gasteiger partial charge on any atom is -0.494 e. The first-order valence-corrected chi connectivity index (χ1v) is 10.0. The number of aryl methyl sites for hydroxylation is 3. The first kappa shape index (κ1) is 21.0. The molecule has 0 fully saturated rings. The van der Waals surface area contributed by atoms with Gasteiger partial charge >= 0.3 is 5.69 Å². The van der Waals surface area contributed by atoms with E-state index in [-0.39, 0.29) is 11.1 Å². The summed E-state index contributed by atoms with van der Waals surface area (Å²) in [7, 11) is 0. The normalized spacial score (nSPS) is 14.9. The number of aromatic hydroxyl groups is 1. The molecule has 0 bridgehead atoms. The molecular weight excluding hydrogens is 408 g/mol. The molecule has 0 radical (unpaired) electrons. The number of nitrogens with zero attached hydrogens (tertiary/aromatic N) is 3. The van der Waals surface area contributed by atoms with Gasteiger partial charge in [0.1, 0.15) is 5.56 Å². The Morgan fingerprint density at radius 1 is 0.906 bits per heavy atom.